The molecule has 0 aliphatic heterocycles. The molecule has 1 amide bonds. The van der Waals surface area contributed by atoms with Gasteiger partial charge in [0.1, 0.15) is 6.54 Å². The van der Waals surface area contributed by atoms with Crippen LogP contribution in [0.1, 0.15) is 20.3 Å². The molecular formula is C13H19N5O2S. The number of tetrazole rings is 1. The number of nitrogens with zero attached hydrogens (tertiary/aromatic N) is 4. The summed E-state index contributed by atoms with van der Waals surface area (Å²) in [5.74, 6) is 0.660. The van der Waals surface area contributed by atoms with Gasteiger partial charge in [-0.15, -0.1) is 21.5 Å². The topological polar surface area (TPSA) is 92.9 Å². The molecule has 1 unspecified atom stereocenters. The van der Waals surface area contributed by atoms with Crippen LogP contribution in [0.2, 0.25) is 0 Å². The summed E-state index contributed by atoms with van der Waals surface area (Å²) in [6.07, 6.45) is 0.129. The van der Waals surface area contributed by atoms with Crippen molar-refractivity contribution >= 4 is 17.2 Å². The number of aromatic nitrogens is 4. The highest BCUT2D eigenvalue weighted by molar-refractivity contribution is 7.13. The molecule has 0 aliphatic rings. The van der Waals surface area contributed by atoms with Crippen molar-refractivity contribution in [3.05, 3.63) is 17.5 Å². The Bertz CT molecular complexity index is 567. The van der Waals surface area contributed by atoms with Gasteiger partial charge in [-0.1, -0.05) is 19.9 Å². The van der Waals surface area contributed by atoms with Gasteiger partial charge in [-0.2, -0.15) is 4.80 Å². The molecule has 2 rings (SSSR count). The van der Waals surface area contributed by atoms with E-state index in [-0.39, 0.29) is 19.0 Å². The maximum absolute atomic E-state index is 11.8. The fraction of sp³-hybridized carbons (Fsp3) is 0.538. The first-order valence-corrected chi connectivity index (χ1v) is 7.69. The number of aliphatic hydroxyl groups is 1. The highest BCUT2D eigenvalue weighted by Gasteiger charge is 2.12. The molecule has 0 saturated heterocycles. The second-order valence-electron chi connectivity index (χ2n) is 5.21. The summed E-state index contributed by atoms with van der Waals surface area (Å²) in [7, 11) is 0. The summed E-state index contributed by atoms with van der Waals surface area (Å²) in [4.78, 5) is 13.9. The Morgan fingerprint density at radius 3 is 3.00 bits per heavy atom. The van der Waals surface area contributed by atoms with E-state index in [1.807, 2.05) is 31.4 Å². The van der Waals surface area contributed by atoms with Crippen molar-refractivity contribution in [3.8, 4) is 10.7 Å². The molecule has 114 valence electrons. The third-order valence-electron chi connectivity index (χ3n) is 2.76. The summed E-state index contributed by atoms with van der Waals surface area (Å²) in [6, 6.07) is 3.80. The minimum atomic E-state index is -0.528. The van der Waals surface area contributed by atoms with Crippen molar-refractivity contribution in [2.75, 3.05) is 6.54 Å². The Hall–Kier alpha value is -1.80. The number of nitrogens with one attached hydrogen (secondary N) is 1. The van der Waals surface area contributed by atoms with E-state index < -0.39 is 6.10 Å². The van der Waals surface area contributed by atoms with Crippen LogP contribution in [0.5, 0.6) is 0 Å². The SMILES string of the molecule is CC(C)CC(O)CNC(=O)Cn1nnc(-c2cccs2)n1. The first kappa shape index (κ1) is 15.6. The highest BCUT2D eigenvalue weighted by Crippen LogP contribution is 2.19. The van der Waals surface area contributed by atoms with Gasteiger partial charge in [-0.05, 0) is 29.0 Å². The number of aliphatic hydroxyl groups excluding tert-OH is 1. The Balaban J connectivity index is 1.80. The van der Waals surface area contributed by atoms with Crippen molar-refractivity contribution in [2.45, 2.75) is 32.9 Å². The van der Waals surface area contributed by atoms with E-state index >= 15 is 0 Å². The second kappa shape index (κ2) is 7.28. The third kappa shape index (κ3) is 4.91. The van der Waals surface area contributed by atoms with E-state index in [1.54, 1.807) is 0 Å². The molecule has 0 aromatic carbocycles. The fourth-order valence-corrected chi connectivity index (χ4v) is 2.51. The number of carbonyl (C=O) groups is 1. The average molecular weight is 309 g/mol. The summed E-state index contributed by atoms with van der Waals surface area (Å²) >= 11 is 1.52. The Labute approximate surface area is 127 Å². The van der Waals surface area contributed by atoms with Crippen LogP contribution in [0.25, 0.3) is 10.7 Å². The lowest BCUT2D eigenvalue weighted by Gasteiger charge is -2.13. The summed E-state index contributed by atoms with van der Waals surface area (Å²) < 4.78 is 0. The van der Waals surface area contributed by atoms with E-state index in [1.165, 1.54) is 16.1 Å². The molecule has 2 aromatic heterocycles. The van der Waals surface area contributed by atoms with Gasteiger partial charge in [0.25, 0.3) is 0 Å². The standard InChI is InChI=1S/C13H19N5O2S/c1-9(2)6-10(19)7-14-12(20)8-18-16-13(15-17-18)11-4-3-5-21-11/h3-5,9-10,19H,6-8H2,1-2H3,(H,14,20). The fourth-order valence-electron chi connectivity index (χ4n) is 1.86. The van der Waals surface area contributed by atoms with Crippen molar-refractivity contribution in [1.29, 1.82) is 0 Å². The molecule has 0 aliphatic carbocycles. The lowest BCUT2D eigenvalue weighted by Crippen LogP contribution is -2.35. The number of hydrogen-bond acceptors (Lipinski definition) is 6. The normalized spacial score (nSPS) is 12.6. The smallest absolute Gasteiger partial charge is 0.243 e. The molecule has 8 heteroatoms. The molecule has 2 heterocycles. The molecule has 0 saturated carbocycles. The lowest BCUT2D eigenvalue weighted by molar-refractivity contribution is -0.122. The van der Waals surface area contributed by atoms with Crippen LogP contribution in [0.4, 0.5) is 0 Å². The molecule has 0 radical (unpaired) electrons. The number of rotatable bonds is 7. The first-order chi connectivity index (χ1) is 10.0. The van der Waals surface area contributed by atoms with E-state index in [9.17, 15) is 9.90 Å². The van der Waals surface area contributed by atoms with Gasteiger partial charge in [0.15, 0.2) is 0 Å². The zero-order valence-electron chi connectivity index (χ0n) is 12.1. The van der Waals surface area contributed by atoms with Crippen LogP contribution in [0.3, 0.4) is 0 Å². The van der Waals surface area contributed by atoms with Gasteiger partial charge in [0.2, 0.25) is 11.7 Å². The average Bonchev–Trinajstić information content (AvgIpc) is 3.05. The van der Waals surface area contributed by atoms with Gasteiger partial charge in [0.05, 0.1) is 11.0 Å². The van der Waals surface area contributed by atoms with Crippen LogP contribution < -0.4 is 5.32 Å². The number of hydrogen-bond donors (Lipinski definition) is 2. The number of carbonyl (C=O) groups excluding carboxylic acids is 1. The predicted octanol–water partition coefficient (Wildman–Crippen LogP) is 0.925. The number of amides is 1. The van der Waals surface area contributed by atoms with Crippen molar-refractivity contribution < 1.29 is 9.90 Å². The van der Waals surface area contributed by atoms with E-state index in [4.69, 9.17) is 0 Å². The maximum Gasteiger partial charge on any atom is 0.243 e. The first-order valence-electron chi connectivity index (χ1n) is 6.81. The summed E-state index contributed by atoms with van der Waals surface area (Å²) in [5, 5.41) is 26.2. The molecule has 0 bridgehead atoms. The molecule has 0 spiro atoms. The van der Waals surface area contributed by atoms with E-state index in [0.717, 1.165) is 4.88 Å². The van der Waals surface area contributed by atoms with Gasteiger partial charge in [0, 0.05) is 6.54 Å². The largest absolute Gasteiger partial charge is 0.391 e. The van der Waals surface area contributed by atoms with E-state index in [2.05, 4.69) is 20.7 Å². The molecule has 2 N–H and O–H groups in total. The quantitative estimate of drug-likeness (QED) is 0.793. The minimum absolute atomic E-state index is 0.00717. The van der Waals surface area contributed by atoms with E-state index in [0.29, 0.717) is 18.2 Å². The molecule has 0 fully saturated rings. The molecule has 1 atom stereocenters. The second-order valence-corrected chi connectivity index (χ2v) is 6.16. The molecule has 7 nitrogen and oxygen atoms in total. The Kier molecular flexibility index (Phi) is 5.40. The van der Waals surface area contributed by atoms with Crippen molar-refractivity contribution in [1.82, 2.24) is 25.5 Å². The molecular weight excluding hydrogens is 290 g/mol. The van der Waals surface area contributed by atoms with Gasteiger partial charge < -0.3 is 10.4 Å². The Morgan fingerprint density at radius 1 is 1.52 bits per heavy atom. The Morgan fingerprint density at radius 2 is 2.33 bits per heavy atom. The van der Waals surface area contributed by atoms with Crippen LogP contribution in [0, 0.1) is 5.92 Å². The van der Waals surface area contributed by atoms with Gasteiger partial charge >= 0.3 is 0 Å². The van der Waals surface area contributed by atoms with Crippen LogP contribution in [-0.4, -0.2) is 43.9 Å². The van der Waals surface area contributed by atoms with Gasteiger partial charge in [-0.3, -0.25) is 4.79 Å². The number of thiophene rings is 1. The zero-order chi connectivity index (χ0) is 15.2. The lowest BCUT2D eigenvalue weighted by atomic mass is 10.1. The third-order valence-corrected chi connectivity index (χ3v) is 3.62. The van der Waals surface area contributed by atoms with Crippen molar-refractivity contribution in [2.24, 2.45) is 5.92 Å². The van der Waals surface area contributed by atoms with Crippen LogP contribution >= 0.6 is 11.3 Å². The summed E-state index contributed by atoms with van der Waals surface area (Å²) in [5.41, 5.74) is 0. The maximum atomic E-state index is 11.8. The minimum Gasteiger partial charge on any atom is -0.391 e. The highest BCUT2D eigenvalue weighted by atomic mass is 32.1. The van der Waals surface area contributed by atoms with Crippen LogP contribution in [-0.2, 0) is 11.3 Å². The van der Waals surface area contributed by atoms with Crippen molar-refractivity contribution in [3.63, 3.8) is 0 Å². The predicted molar refractivity (Wildman–Crippen MR) is 79.6 cm³/mol. The molecule has 21 heavy (non-hydrogen) atoms. The zero-order valence-corrected chi connectivity index (χ0v) is 12.9. The summed E-state index contributed by atoms with van der Waals surface area (Å²) in [6.45, 7) is 4.28. The monoisotopic (exact) mass is 309 g/mol. The van der Waals surface area contributed by atoms with Gasteiger partial charge in [-0.25, -0.2) is 0 Å². The van der Waals surface area contributed by atoms with Crippen LogP contribution in [0.15, 0.2) is 17.5 Å². The molecule has 2 aromatic rings.